The lowest BCUT2D eigenvalue weighted by atomic mass is 9.67. The minimum absolute atomic E-state index is 0.00468. The van der Waals surface area contributed by atoms with Crippen LogP contribution in [-0.2, 0) is 4.79 Å². The number of hydrogen-bond acceptors (Lipinski definition) is 6. The second-order valence-electron chi connectivity index (χ2n) is 9.30. The smallest absolute Gasteiger partial charge is 0.359 e. The van der Waals surface area contributed by atoms with Gasteiger partial charge < -0.3 is 15.6 Å². The van der Waals surface area contributed by atoms with Crippen LogP contribution >= 0.6 is 0 Å². The average Bonchev–Trinajstić information content (AvgIpc) is 3.35. The zero-order chi connectivity index (χ0) is 21.8. The number of hydrogen-bond donors (Lipinski definition) is 3. The maximum Gasteiger partial charge on any atom is 0.377 e. The molecule has 1 saturated heterocycles. The Bertz CT molecular complexity index is 1140. The molecule has 31 heavy (non-hydrogen) atoms. The number of nitrogens with zero attached hydrogens (tertiary/aromatic N) is 3. The van der Waals surface area contributed by atoms with Crippen molar-refractivity contribution in [2.75, 3.05) is 25.5 Å². The summed E-state index contributed by atoms with van der Waals surface area (Å²) < 4.78 is -0.280. The van der Waals surface area contributed by atoms with Gasteiger partial charge in [-0.3, -0.25) is 4.79 Å². The van der Waals surface area contributed by atoms with Crippen molar-refractivity contribution in [3.8, 4) is 0 Å². The van der Waals surface area contributed by atoms with Crippen molar-refractivity contribution in [2.45, 2.75) is 45.6 Å². The van der Waals surface area contributed by atoms with Crippen molar-refractivity contribution in [1.29, 1.82) is 0 Å². The highest BCUT2D eigenvalue weighted by Gasteiger charge is 2.57. The molecule has 2 aliphatic heterocycles. The minimum Gasteiger partial charge on any atom is -0.359 e. The molecule has 5 rings (SSSR count). The topological polar surface area (TPSA) is 99.2 Å². The number of allylic oxidation sites excluding steroid dienone is 2. The second-order valence-corrected chi connectivity index (χ2v) is 9.30. The lowest BCUT2D eigenvalue weighted by Gasteiger charge is -2.41. The molecule has 1 atom stereocenters. The summed E-state index contributed by atoms with van der Waals surface area (Å²) in [4.78, 5) is 35.0. The summed E-state index contributed by atoms with van der Waals surface area (Å²) in [6.07, 6.45) is 5.09. The number of H-pyrrole nitrogens is 1. The van der Waals surface area contributed by atoms with Crippen molar-refractivity contribution in [3.05, 3.63) is 35.0 Å². The molecule has 0 bridgehead atoms. The normalized spacial score (nSPS) is 25.0. The van der Waals surface area contributed by atoms with E-state index in [0.717, 1.165) is 43.4 Å². The summed E-state index contributed by atoms with van der Waals surface area (Å²) in [5.41, 5.74) is 3.59. The number of fused-ring (bicyclic) bond motifs is 1. The van der Waals surface area contributed by atoms with Crippen molar-refractivity contribution >= 4 is 34.9 Å². The Morgan fingerprint density at radius 1 is 1.23 bits per heavy atom. The molecule has 1 fully saturated rings. The van der Waals surface area contributed by atoms with Gasteiger partial charge in [0.15, 0.2) is 0 Å². The van der Waals surface area contributed by atoms with Crippen LogP contribution in [-0.4, -0.2) is 58.6 Å². The maximum atomic E-state index is 13.9. The van der Waals surface area contributed by atoms with Gasteiger partial charge in [0.1, 0.15) is 6.04 Å². The number of aromatic amines is 1. The Hall–Kier alpha value is -2.84. The molecule has 1 amide bonds. The first-order valence-electron chi connectivity index (χ1n) is 11.0. The minimum atomic E-state index is -0.280. The van der Waals surface area contributed by atoms with Crippen LogP contribution in [0.1, 0.15) is 49.9 Å². The number of rotatable bonds is 3. The summed E-state index contributed by atoms with van der Waals surface area (Å²) >= 11 is 0. The number of piperidine rings is 1. The van der Waals surface area contributed by atoms with E-state index < -0.39 is 0 Å². The summed E-state index contributed by atoms with van der Waals surface area (Å²) in [7, 11) is 1.79. The second kappa shape index (κ2) is 7.10. The van der Waals surface area contributed by atoms with E-state index in [2.05, 4.69) is 20.6 Å². The van der Waals surface area contributed by atoms with Crippen LogP contribution in [0.3, 0.4) is 0 Å². The maximum absolute atomic E-state index is 13.9. The monoisotopic (exact) mass is 421 g/mol. The van der Waals surface area contributed by atoms with Gasteiger partial charge in [0.25, 0.3) is 0 Å². The molecule has 8 heteroatoms. The number of ketones is 1. The van der Waals surface area contributed by atoms with Gasteiger partial charge in [-0.25, -0.2) is 9.78 Å². The number of carbonyl (C=O) groups is 2. The fourth-order valence-corrected chi connectivity index (χ4v) is 5.43. The number of amides is 1. The third kappa shape index (κ3) is 2.96. The Kier molecular flexibility index (Phi) is 4.60. The fourth-order valence-electron chi connectivity index (χ4n) is 5.43. The first-order chi connectivity index (χ1) is 14.9. The predicted octanol–water partition coefficient (Wildman–Crippen LogP) is 2.96. The molecule has 0 radical (unpaired) electrons. The van der Waals surface area contributed by atoms with E-state index in [4.69, 9.17) is 5.10 Å². The summed E-state index contributed by atoms with van der Waals surface area (Å²) in [6.45, 7) is 5.79. The Morgan fingerprint density at radius 2 is 2.00 bits per heavy atom. The van der Waals surface area contributed by atoms with Crippen LogP contribution in [0, 0.1) is 5.41 Å². The Balaban J connectivity index is 1.57. The molecule has 0 saturated carbocycles. The number of carbonyl (C=O) groups excluding carboxylic acids is 2. The van der Waals surface area contributed by atoms with E-state index in [0.29, 0.717) is 29.1 Å². The molecule has 1 aromatic carbocycles. The van der Waals surface area contributed by atoms with E-state index in [1.54, 1.807) is 25.4 Å². The highest BCUT2D eigenvalue weighted by atomic mass is 16.2. The van der Waals surface area contributed by atoms with Crippen LogP contribution in [0.5, 0.6) is 0 Å². The quantitative estimate of drug-likeness (QED) is 0.662. The first kappa shape index (κ1) is 20.1. The number of nitrogens with one attached hydrogen (secondary N) is 3. The van der Waals surface area contributed by atoms with Crippen molar-refractivity contribution < 1.29 is 14.2 Å². The number of imidazole rings is 1. The molecule has 1 unspecified atom stereocenters. The van der Waals surface area contributed by atoms with Gasteiger partial charge in [0.2, 0.25) is 17.4 Å². The van der Waals surface area contributed by atoms with Crippen molar-refractivity contribution in [2.24, 2.45) is 10.5 Å². The van der Waals surface area contributed by atoms with Gasteiger partial charge in [0.05, 0.1) is 22.8 Å². The van der Waals surface area contributed by atoms with Gasteiger partial charge in [-0.2, -0.15) is 0 Å². The van der Waals surface area contributed by atoms with E-state index in [-0.39, 0.29) is 27.7 Å². The van der Waals surface area contributed by atoms with Crippen LogP contribution in [0.2, 0.25) is 0 Å². The number of quaternary nitrogens is 1. The molecular weight excluding hydrogens is 392 g/mol. The summed E-state index contributed by atoms with van der Waals surface area (Å²) in [6, 6.07) is 5.24. The average molecular weight is 422 g/mol. The molecule has 1 aliphatic carbocycles. The van der Waals surface area contributed by atoms with Crippen molar-refractivity contribution in [1.82, 2.24) is 15.3 Å². The fraction of sp³-hybridized carbons (Fsp3) is 0.478. The molecule has 1 spiro atoms. The SMILES string of the molecule is CNc1nc2cc(C(=O)[N+]3(C(C)C)N=CC4=C3C(=O)CC3(CCNCC3)C4)ccc2[nH]1. The Morgan fingerprint density at radius 3 is 2.71 bits per heavy atom. The van der Waals surface area contributed by atoms with Crippen molar-refractivity contribution in [3.63, 3.8) is 0 Å². The van der Waals surface area contributed by atoms with Crippen LogP contribution < -0.4 is 10.6 Å². The zero-order valence-corrected chi connectivity index (χ0v) is 18.3. The number of aromatic nitrogens is 2. The zero-order valence-electron chi connectivity index (χ0n) is 18.3. The van der Waals surface area contributed by atoms with E-state index in [9.17, 15) is 9.59 Å². The molecule has 1 aromatic heterocycles. The van der Waals surface area contributed by atoms with E-state index in [1.807, 2.05) is 19.9 Å². The Labute approximate surface area is 181 Å². The van der Waals surface area contributed by atoms with Gasteiger partial charge >= 0.3 is 5.91 Å². The third-order valence-electron chi connectivity index (χ3n) is 7.09. The highest BCUT2D eigenvalue weighted by molar-refractivity contribution is 6.06. The lowest BCUT2D eigenvalue weighted by molar-refractivity contribution is -0.833. The van der Waals surface area contributed by atoms with Gasteiger partial charge in [0, 0.05) is 19.0 Å². The summed E-state index contributed by atoms with van der Waals surface area (Å²) in [5.74, 6) is 0.536. The summed E-state index contributed by atoms with van der Waals surface area (Å²) in [5, 5.41) is 11.1. The molecule has 3 heterocycles. The molecule has 2 aromatic rings. The van der Waals surface area contributed by atoms with E-state index >= 15 is 0 Å². The van der Waals surface area contributed by atoms with Gasteiger partial charge in [-0.15, -0.1) is 0 Å². The molecule has 3 N–H and O–H groups in total. The third-order valence-corrected chi connectivity index (χ3v) is 7.09. The first-order valence-corrected chi connectivity index (χ1v) is 11.0. The molecule has 8 nitrogen and oxygen atoms in total. The lowest BCUT2D eigenvalue weighted by Crippen LogP contribution is -2.54. The highest BCUT2D eigenvalue weighted by Crippen LogP contribution is 2.48. The number of anilines is 1. The molecule has 162 valence electrons. The van der Waals surface area contributed by atoms with Crippen LogP contribution in [0.15, 0.2) is 34.6 Å². The predicted molar refractivity (Wildman–Crippen MR) is 120 cm³/mol. The van der Waals surface area contributed by atoms with Gasteiger partial charge in [-0.05, 0) is 69.8 Å². The standard InChI is InChI=1S/C23H28N6O2/c1-14(2)29(21(31)15-4-5-17-18(10-15)28-22(24-3)27-17)20-16(13-26-29)11-23(12-19(20)30)6-8-25-9-7-23/h4-5,10,13-14,25H,6-9,11-12H2,1-3H3,(H-,24,26,27,28,30,31)/p+1. The van der Waals surface area contributed by atoms with E-state index in [1.165, 1.54) is 0 Å². The molecular formula is C23H29N6O2+. The number of benzene rings is 1. The molecule has 3 aliphatic rings. The van der Waals surface area contributed by atoms with Gasteiger partial charge in [-0.1, -0.05) is 9.69 Å². The van der Waals surface area contributed by atoms with Crippen LogP contribution in [0.25, 0.3) is 11.0 Å². The largest absolute Gasteiger partial charge is 0.377 e. The number of Topliss-reactive ketones (excluding diaryl/α,β-unsaturated/α-hetero) is 1. The van der Waals surface area contributed by atoms with Crippen LogP contribution in [0.4, 0.5) is 5.95 Å².